The third-order valence-corrected chi connectivity index (χ3v) is 7.18. The lowest BCUT2D eigenvalue weighted by atomic mass is 9.88. The average molecular weight is 450 g/mol. The largest absolute Gasteiger partial charge is 0.330 e. The van der Waals surface area contributed by atoms with Crippen LogP contribution in [0.25, 0.3) is 0 Å². The first-order chi connectivity index (χ1) is 16.4. The highest BCUT2D eigenvalue weighted by Gasteiger charge is 2.10. The van der Waals surface area contributed by atoms with Gasteiger partial charge in [0.1, 0.15) is 0 Å². The molecule has 0 unspecified atom stereocenters. The maximum Gasteiger partial charge on any atom is -0.00773 e. The SMILES string of the molecule is NCCCCCCCCCCCCCCCC(CCc1ccccc1)CCc1ccccc1. The van der Waals surface area contributed by atoms with E-state index in [9.17, 15) is 0 Å². The van der Waals surface area contributed by atoms with Crippen molar-refractivity contribution in [2.75, 3.05) is 6.54 Å². The van der Waals surface area contributed by atoms with E-state index in [0.717, 1.165) is 12.5 Å². The molecule has 2 rings (SSSR count). The first-order valence-corrected chi connectivity index (χ1v) is 14.2. The maximum absolute atomic E-state index is 5.55. The van der Waals surface area contributed by atoms with E-state index >= 15 is 0 Å². The summed E-state index contributed by atoms with van der Waals surface area (Å²) >= 11 is 0. The second kappa shape index (κ2) is 19.8. The number of aryl methyl sites for hydroxylation is 2. The third-order valence-electron chi connectivity index (χ3n) is 7.18. The van der Waals surface area contributed by atoms with Gasteiger partial charge in [0.05, 0.1) is 0 Å². The predicted molar refractivity (Wildman–Crippen MR) is 147 cm³/mol. The first-order valence-electron chi connectivity index (χ1n) is 14.2. The van der Waals surface area contributed by atoms with E-state index in [1.165, 1.54) is 127 Å². The fourth-order valence-electron chi connectivity index (χ4n) is 4.99. The normalized spacial score (nSPS) is 11.3. The van der Waals surface area contributed by atoms with Crippen LogP contribution in [0.2, 0.25) is 0 Å². The molecule has 0 atom stereocenters. The Hall–Kier alpha value is -1.60. The molecule has 0 aliphatic carbocycles. The van der Waals surface area contributed by atoms with Gasteiger partial charge in [-0.2, -0.15) is 0 Å². The highest BCUT2D eigenvalue weighted by molar-refractivity contribution is 5.16. The summed E-state index contributed by atoms with van der Waals surface area (Å²) < 4.78 is 0. The molecule has 0 aliphatic rings. The Morgan fingerprint density at radius 2 is 0.788 bits per heavy atom. The van der Waals surface area contributed by atoms with Crippen LogP contribution in [0.1, 0.15) is 114 Å². The Labute approximate surface area is 205 Å². The topological polar surface area (TPSA) is 26.0 Å². The van der Waals surface area contributed by atoms with Gasteiger partial charge in [0.15, 0.2) is 0 Å². The van der Waals surface area contributed by atoms with Crippen LogP contribution in [-0.4, -0.2) is 6.54 Å². The molecule has 0 bridgehead atoms. The van der Waals surface area contributed by atoms with Crippen molar-refractivity contribution in [2.24, 2.45) is 11.7 Å². The smallest absolute Gasteiger partial charge is 0.00773 e. The van der Waals surface area contributed by atoms with Crippen molar-refractivity contribution >= 4 is 0 Å². The van der Waals surface area contributed by atoms with Crippen LogP contribution in [0, 0.1) is 5.92 Å². The molecule has 184 valence electrons. The molecular formula is C32H51N. The van der Waals surface area contributed by atoms with Gasteiger partial charge in [-0.05, 0) is 55.7 Å². The van der Waals surface area contributed by atoms with Gasteiger partial charge in [-0.3, -0.25) is 0 Å². The predicted octanol–water partition coefficient (Wildman–Crippen LogP) is 9.29. The van der Waals surface area contributed by atoms with E-state index in [1.807, 2.05) is 0 Å². The highest BCUT2D eigenvalue weighted by atomic mass is 14.5. The first kappa shape index (κ1) is 27.6. The van der Waals surface area contributed by atoms with Crippen LogP contribution in [0.3, 0.4) is 0 Å². The molecule has 0 aromatic heterocycles. The number of hydrogen-bond donors (Lipinski definition) is 1. The summed E-state index contributed by atoms with van der Waals surface area (Å²) in [5.41, 5.74) is 8.55. The van der Waals surface area contributed by atoms with Crippen molar-refractivity contribution in [2.45, 2.75) is 116 Å². The molecule has 1 nitrogen and oxygen atoms in total. The van der Waals surface area contributed by atoms with E-state index in [-0.39, 0.29) is 0 Å². The molecule has 0 saturated heterocycles. The summed E-state index contributed by atoms with van der Waals surface area (Å²) in [6, 6.07) is 22.1. The molecule has 2 aromatic rings. The quantitative estimate of drug-likeness (QED) is 0.189. The summed E-state index contributed by atoms with van der Waals surface area (Å²) in [5.74, 6) is 0.857. The Morgan fingerprint density at radius 3 is 1.18 bits per heavy atom. The molecule has 0 fully saturated rings. The zero-order valence-electron chi connectivity index (χ0n) is 21.4. The molecule has 0 saturated carbocycles. The van der Waals surface area contributed by atoms with Crippen molar-refractivity contribution in [1.29, 1.82) is 0 Å². The molecule has 1 heteroatoms. The van der Waals surface area contributed by atoms with Gasteiger partial charge in [0.2, 0.25) is 0 Å². The number of rotatable bonds is 21. The molecule has 2 N–H and O–H groups in total. The van der Waals surface area contributed by atoms with E-state index in [2.05, 4.69) is 60.7 Å². The zero-order valence-corrected chi connectivity index (χ0v) is 21.4. The van der Waals surface area contributed by atoms with Gasteiger partial charge in [0.25, 0.3) is 0 Å². The lowest BCUT2D eigenvalue weighted by Crippen LogP contribution is -2.05. The van der Waals surface area contributed by atoms with Gasteiger partial charge in [0, 0.05) is 0 Å². The van der Waals surface area contributed by atoms with Crippen LogP contribution in [0.4, 0.5) is 0 Å². The highest BCUT2D eigenvalue weighted by Crippen LogP contribution is 2.23. The summed E-state index contributed by atoms with van der Waals surface area (Å²) in [6.45, 7) is 0.863. The average Bonchev–Trinajstić information content (AvgIpc) is 2.86. The van der Waals surface area contributed by atoms with Crippen LogP contribution in [0.5, 0.6) is 0 Å². The lowest BCUT2D eigenvalue weighted by Gasteiger charge is -2.17. The number of unbranched alkanes of at least 4 members (excludes halogenated alkanes) is 12. The minimum Gasteiger partial charge on any atom is -0.330 e. The van der Waals surface area contributed by atoms with Crippen LogP contribution >= 0.6 is 0 Å². The minimum absolute atomic E-state index is 0.857. The maximum atomic E-state index is 5.55. The summed E-state index contributed by atoms with van der Waals surface area (Å²) in [6.07, 6.45) is 24.8. The van der Waals surface area contributed by atoms with Gasteiger partial charge < -0.3 is 5.73 Å². The fourth-order valence-corrected chi connectivity index (χ4v) is 4.99. The Kier molecular flexibility index (Phi) is 16.6. The fraction of sp³-hybridized carbons (Fsp3) is 0.625. The number of hydrogen-bond acceptors (Lipinski definition) is 1. The molecule has 0 heterocycles. The van der Waals surface area contributed by atoms with E-state index in [0.29, 0.717) is 0 Å². The summed E-state index contributed by atoms with van der Waals surface area (Å²) in [7, 11) is 0. The van der Waals surface area contributed by atoms with Gasteiger partial charge in [-0.1, -0.05) is 144 Å². The van der Waals surface area contributed by atoms with Crippen molar-refractivity contribution in [3.05, 3.63) is 71.8 Å². The molecule has 2 aromatic carbocycles. The summed E-state index contributed by atoms with van der Waals surface area (Å²) in [5, 5.41) is 0. The van der Waals surface area contributed by atoms with Crippen molar-refractivity contribution < 1.29 is 0 Å². The molecule has 0 amide bonds. The Morgan fingerprint density at radius 1 is 0.424 bits per heavy atom. The van der Waals surface area contributed by atoms with Crippen molar-refractivity contribution in [3.63, 3.8) is 0 Å². The zero-order chi connectivity index (χ0) is 23.2. The number of benzene rings is 2. The molecular weight excluding hydrogens is 398 g/mol. The van der Waals surface area contributed by atoms with Crippen LogP contribution in [0.15, 0.2) is 60.7 Å². The van der Waals surface area contributed by atoms with Crippen molar-refractivity contribution in [3.8, 4) is 0 Å². The van der Waals surface area contributed by atoms with Crippen molar-refractivity contribution in [1.82, 2.24) is 0 Å². The van der Waals surface area contributed by atoms with E-state index < -0.39 is 0 Å². The van der Waals surface area contributed by atoms with E-state index in [4.69, 9.17) is 5.73 Å². The number of nitrogens with two attached hydrogens (primary N) is 1. The molecule has 0 radical (unpaired) electrons. The van der Waals surface area contributed by atoms with Gasteiger partial charge in [-0.15, -0.1) is 0 Å². The second-order valence-corrected chi connectivity index (χ2v) is 10.1. The molecule has 33 heavy (non-hydrogen) atoms. The Balaban J connectivity index is 1.52. The lowest BCUT2D eigenvalue weighted by molar-refractivity contribution is 0.397. The van der Waals surface area contributed by atoms with Gasteiger partial charge in [-0.25, -0.2) is 0 Å². The van der Waals surface area contributed by atoms with Crippen LogP contribution < -0.4 is 5.73 Å². The molecule has 0 aliphatic heterocycles. The monoisotopic (exact) mass is 449 g/mol. The summed E-state index contributed by atoms with van der Waals surface area (Å²) in [4.78, 5) is 0. The van der Waals surface area contributed by atoms with E-state index in [1.54, 1.807) is 0 Å². The Bertz CT molecular complexity index is 607. The second-order valence-electron chi connectivity index (χ2n) is 10.1. The van der Waals surface area contributed by atoms with Crippen LogP contribution in [-0.2, 0) is 12.8 Å². The van der Waals surface area contributed by atoms with Gasteiger partial charge >= 0.3 is 0 Å². The minimum atomic E-state index is 0.857. The third kappa shape index (κ3) is 15.0. The molecule has 0 spiro atoms. The standard InChI is InChI=1S/C32H51N/c33-29-19-11-9-7-5-3-1-2-4-6-8-10-14-24-32(27-25-30-20-15-12-16-21-30)28-26-31-22-17-13-18-23-31/h12-13,15-18,20-23,32H,1-11,14,19,24-29,33H2.